The highest BCUT2D eigenvalue weighted by Gasteiger charge is 2.18. The lowest BCUT2D eigenvalue weighted by molar-refractivity contribution is 0.185. The van der Waals surface area contributed by atoms with Crippen LogP contribution in [0, 0.1) is 5.82 Å². The highest BCUT2D eigenvalue weighted by Crippen LogP contribution is 2.25. The first kappa shape index (κ1) is 14.9. The van der Waals surface area contributed by atoms with Crippen molar-refractivity contribution in [3.8, 4) is 0 Å². The van der Waals surface area contributed by atoms with E-state index in [2.05, 4.69) is 33.1 Å². The van der Waals surface area contributed by atoms with Crippen molar-refractivity contribution in [3.63, 3.8) is 0 Å². The molecule has 0 radical (unpaired) electrons. The molecule has 1 N–H and O–H groups in total. The molecule has 0 aromatic heterocycles. The molecule has 0 spiro atoms. The van der Waals surface area contributed by atoms with E-state index in [-0.39, 0.29) is 18.2 Å². The monoisotopic (exact) mass is 322 g/mol. The van der Waals surface area contributed by atoms with Crippen LogP contribution < -0.4 is 5.32 Å². The number of hydrogen-bond donors (Lipinski definition) is 1. The van der Waals surface area contributed by atoms with Gasteiger partial charge in [0.2, 0.25) is 0 Å². The highest BCUT2D eigenvalue weighted by molar-refractivity contribution is 9.10. The van der Waals surface area contributed by atoms with Gasteiger partial charge in [0, 0.05) is 32.2 Å². The lowest BCUT2D eigenvalue weighted by Crippen LogP contribution is -2.44. The molecular weight excluding hydrogens is 307 g/mol. The molecule has 1 saturated heterocycles. The summed E-state index contributed by atoms with van der Waals surface area (Å²) in [4.78, 5) is 2.41. The summed E-state index contributed by atoms with van der Waals surface area (Å²) < 4.78 is 13.7. The number of benzene rings is 1. The largest absolute Gasteiger partial charge is 0.314 e. The average Bonchev–Trinajstić information content (AvgIpc) is 2.33. The molecule has 17 heavy (non-hydrogen) atoms. The lowest BCUT2D eigenvalue weighted by Gasteiger charge is -2.33. The van der Waals surface area contributed by atoms with Crippen LogP contribution in [0.15, 0.2) is 22.7 Å². The van der Waals surface area contributed by atoms with E-state index in [1.165, 1.54) is 6.07 Å². The standard InChI is InChI=1S/C12H16BrFN2.ClH/c1-9(16-6-4-15-5-7-16)10-2-3-12(14)11(13)8-10;/h2-3,8-9,15H,4-7H2,1H3;1H/t9-;/m1./s1. The Morgan fingerprint density at radius 1 is 1.35 bits per heavy atom. The van der Waals surface area contributed by atoms with Crippen molar-refractivity contribution >= 4 is 28.3 Å². The molecule has 0 unspecified atom stereocenters. The van der Waals surface area contributed by atoms with Gasteiger partial charge >= 0.3 is 0 Å². The van der Waals surface area contributed by atoms with Crippen LogP contribution in [0.25, 0.3) is 0 Å². The van der Waals surface area contributed by atoms with Crippen LogP contribution in [0.5, 0.6) is 0 Å². The SMILES string of the molecule is C[C@H](c1ccc(F)c(Br)c1)N1CCNCC1.Cl. The Kier molecular flexibility index (Phi) is 5.86. The minimum Gasteiger partial charge on any atom is -0.314 e. The molecule has 1 fully saturated rings. The van der Waals surface area contributed by atoms with Gasteiger partial charge in [-0.25, -0.2) is 4.39 Å². The number of piperazine rings is 1. The van der Waals surface area contributed by atoms with Crippen LogP contribution in [0.1, 0.15) is 18.5 Å². The molecule has 1 aromatic carbocycles. The molecule has 2 nitrogen and oxygen atoms in total. The van der Waals surface area contributed by atoms with Crippen molar-refractivity contribution in [3.05, 3.63) is 34.1 Å². The summed E-state index contributed by atoms with van der Waals surface area (Å²) in [5.74, 6) is -0.198. The Hall–Kier alpha value is -0.160. The van der Waals surface area contributed by atoms with Crippen molar-refractivity contribution < 1.29 is 4.39 Å². The first-order valence-electron chi connectivity index (χ1n) is 5.58. The van der Waals surface area contributed by atoms with Crippen molar-refractivity contribution in [2.24, 2.45) is 0 Å². The molecule has 1 heterocycles. The van der Waals surface area contributed by atoms with Gasteiger partial charge in [0.1, 0.15) is 5.82 Å². The van der Waals surface area contributed by atoms with Gasteiger partial charge in [-0.05, 0) is 40.5 Å². The molecule has 0 aliphatic carbocycles. The fourth-order valence-corrected chi connectivity index (χ4v) is 2.45. The molecule has 0 bridgehead atoms. The average molecular weight is 324 g/mol. The maximum Gasteiger partial charge on any atom is 0.137 e. The van der Waals surface area contributed by atoms with Gasteiger partial charge in [-0.1, -0.05) is 6.07 Å². The zero-order valence-electron chi connectivity index (χ0n) is 9.75. The summed E-state index contributed by atoms with van der Waals surface area (Å²) in [6.07, 6.45) is 0. The topological polar surface area (TPSA) is 15.3 Å². The fourth-order valence-electron chi connectivity index (χ4n) is 2.05. The maximum absolute atomic E-state index is 13.1. The van der Waals surface area contributed by atoms with Gasteiger partial charge in [0.15, 0.2) is 0 Å². The summed E-state index contributed by atoms with van der Waals surface area (Å²) in [6, 6.07) is 5.62. The van der Waals surface area contributed by atoms with Crippen LogP contribution in [-0.2, 0) is 0 Å². The Balaban J connectivity index is 0.00000144. The second kappa shape index (κ2) is 6.69. The van der Waals surface area contributed by atoms with Crippen LogP contribution in [0.4, 0.5) is 4.39 Å². The number of nitrogens with zero attached hydrogens (tertiary/aromatic N) is 1. The zero-order chi connectivity index (χ0) is 11.5. The van der Waals surface area contributed by atoms with Crippen molar-refractivity contribution in [1.29, 1.82) is 0 Å². The Bertz CT molecular complexity index is 370. The van der Waals surface area contributed by atoms with E-state index in [9.17, 15) is 4.39 Å². The minimum absolute atomic E-state index is 0. The van der Waals surface area contributed by atoms with E-state index in [0.29, 0.717) is 10.5 Å². The first-order chi connectivity index (χ1) is 7.68. The predicted molar refractivity (Wildman–Crippen MR) is 74.2 cm³/mol. The van der Waals surface area contributed by atoms with Gasteiger partial charge in [0.05, 0.1) is 4.47 Å². The van der Waals surface area contributed by atoms with Crippen molar-refractivity contribution in [2.45, 2.75) is 13.0 Å². The number of nitrogens with one attached hydrogen (secondary N) is 1. The Morgan fingerprint density at radius 3 is 2.59 bits per heavy atom. The number of halogens is 3. The van der Waals surface area contributed by atoms with Gasteiger partial charge in [0.25, 0.3) is 0 Å². The molecule has 0 saturated carbocycles. The third kappa shape index (κ3) is 3.65. The molecule has 1 atom stereocenters. The Morgan fingerprint density at radius 2 is 2.00 bits per heavy atom. The minimum atomic E-state index is -0.198. The molecule has 5 heteroatoms. The summed E-state index contributed by atoms with van der Waals surface area (Å²) in [5, 5.41) is 3.33. The summed E-state index contributed by atoms with van der Waals surface area (Å²) in [5.41, 5.74) is 1.16. The molecule has 0 amide bonds. The van der Waals surface area contributed by atoms with Crippen LogP contribution >= 0.6 is 28.3 Å². The normalized spacial score (nSPS) is 18.5. The summed E-state index contributed by atoms with van der Waals surface area (Å²) >= 11 is 3.23. The maximum atomic E-state index is 13.1. The van der Waals surface area contributed by atoms with E-state index < -0.39 is 0 Å². The first-order valence-corrected chi connectivity index (χ1v) is 6.37. The highest BCUT2D eigenvalue weighted by atomic mass is 79.9. The van der Waals surface area contributed by atoms with Gasteiger partial charge in [-0.2, -0.15) is 0 Å². The van der Waals surface area contributed by atoms with Crippen LogP contribution in [0.3, 0.4) is 0 Å². The molecule has 1 aliphatic rings. The van der Waals surface area contributed by atoms with Gasteiger partial charge in [-0.3, -0.25) is 4.90 Å². The van der Waals surface area contributed by atoms with Gasteiger partial charge in [-0.15, -0.1) is 12.4 Å². The quantitative estimate of drug-likeness (QED) is 0.900. The zero-order valence-corrected chi connectivity index (χ0v) is 12.2. The Labute approximate surface area is 116 Å². The molecule has 1 aromatic rings. The molecule has 2 rings (SSSR count). The number of rotatable bonds is 2. The summed E-state index contributed by atoms with van der Waals surface area (Å²) in [6.45, 7) is 6.34. The smallest absolute Gasteiger partial charge is 0.137 e. The third-order valence-electron chi connectivity index (χ3n) is 3.13. The lowest BCUT2D eigenvalue weighted by atomic mass is 10.1. The van der Waals surface area contributed by atoms with E-state index in [4.69, 9.17) is 0 Å². The third-order valence-corrected chi connectivity index (χ3v) is 3.73. The van der Waals surface area contributed by atoms with Crippen LogP contribution in [0.2, 0.25) is 0 Å². The second-order valence-electron chi connectivity index (χ2n) is 4.14. The van der Waals surface area contributed by atoms with Crippen LogP contribution in [-0.4, -0.2) is 31.1 Å². The number of hydrogen-bond acceptors (Lipinski definition) is 2. The van der Waals surface area contributed by atoms with E-state index in [1.54, 1.807) is 0 Å². The van der Waals surface area contributed by atoms with Crippen molar-refractivity contribution in [2.75, 3.05) is 26.2 Å². The molecule has 1 aliphatic heterocycles. The molecular formula is C12H17BrClFN2. The van der Waals surface area contributed by atoms with Crippen molar-refractivity contribution in [1.82, 2.24) is 10.2 Å². The molecule has 96 valence electrons. The van der Waals surface area contributed by atoms with Gasteiger partial charge < -0.3 is 5.32 Å². The summed E-state index contributed by atoms with van der Waals surface area (Å²) in [7, 11) is 0. The fraction of sp³-hybridized carbons (Fsp3) is 0.500. The van der Waals surface area contributed by atoms with E-state index in [1.807, 2.05) is 12.1 Å². The second-order valence-corrected chi connectivity index (χ2v) is 4.99. The van der Waals surface area contributed by atoms with E-state index in [0.717, 1.165) is 31.7 Å². The predicted octanol–water partition coefficient (Wildman–Crippen LogP) is 2.98. The van der Waals surface area contributed by atoms with E-state index >= 15 is 0 Å².